The second-order valence-corrected chi connectivity index (χ2v) is 10.2. The number of hydrogen-bond donors (Lipinski definition) is 1. The normalized spacial score (nSPS) is 17.5. The first kappa shape index (κ1) is 19.9. The number of nitrogens with zero attached hydrogens (tertiary/aromatic N) is 5. The summed E-state index contributed by atoms with van der Waals surface area (Å²) in [6.07, 6.45) is 4.42. The molecule has 1 aliphatic carbocycles. The Balaban J connectivity index is 1.32. The Morgan fingerprint density at radius 2 is 1.84 bits per heavy atom. The lowest BCUT2D eigenvalue weighted by Crippen LogP contribution is -2.49. The van der Waals surface area contributed by atoms with Crippen LogP contribution in [0.15, 0.2) is 42.6 Å². The first-order valence-corrected chi connectivity index (χ1v) is 12.4. The number of aromatic nitrogens is 3. The van der Waals surface area contributed by atoms with Gasteiger partial charge in [-0.2, -0.15) is 0 Å². The molecular weight excluding hydrogens is 416 g/mol. The third kappa shape index (κ3) is 3.80. The summed E-state index contributed by atoms with van der Waals surface area (Å²) < 4.78 is 1.24. The maximum atomic E-state index is 5.06. The van der Waals surface area contributed by atoms with E-state index in [1.54, 1.807) is 0 Å². The van der Waals surface area contributed by atoms with Crippen molar-refractivity contribution < 1.29 is 0 Å². The average Bonchev–Trinajstić information content (AvgIpc) is 3.58. The van der Waals surface area contributed by atoms with Crippen LogP contribution in [0.1, 0.15) is 37.6 Å². The van der Waals surface area contributed by atoms with Crippen LogP contribution in [0, 0.1) is 0 Å². The van der Waals surface area contributed by atoms with Gasteiger partial charge >= 0.3 is 0 Å². The van der Waals surface area contributed by atoms with E-state index in [0.717, 1.165) is 59.9 Å². The van der Waals surface area contributed by atoms with Gasteiger partial charge in [0.2, 0.25) is 0 Å². The molecule has 6 rings (SSSR count). The van der Waals surface area contributed by atoms with Crippen molar-refractivity contribution >= 4 is 49.8 Å². The number of nitrogens with one attached hydrogen (secondary N) is 1. The quantitative estimate of drug-likeness (QED) is 0.445. The van der Waals surface area contributed by atoms with Gasteiger partial charge in [-0.05, 0) is 57.0 Å². The number of pyridine rings is 2. The standard InChI is InChI=1S/C25H28N6S/c1-16(2)30-10-12-31(13-11-30)23-15-21-19(4-3-9-26-21)24(29-23)27-18-7-8-20-22(14-18)32-25(28-20)17-5-6-17/h3-4,7-9,14-17H,5-6,10-13H2,1-2H3,(H,27,29). The van der Waals surface area contributed by atoms with Gasteiger partial charge in [-0.15, -0.1) is 11.3 Å². The Kier molecular flexibility index (Phi) is 4.96. The lowest BCUT2D eigenvalue weighted by molar-refractivity contribution is 0.209. The summed E-state index contributed by atoms with van der Waals surface area (Å²) in [4.78, 5) is 19.4. The molecule has 1 aromatic carbocycles. The molecule has 1 saturated carbocycles. The van der Waals surface area contributed by atoms with E-state index in [4.69, 9.17) is 9.97 Å². The van der Waals surface area contributed by atoms with E-state index in [-0.39, 0.29) is 0 Å². The highest BCUT2D eigenvalue weighted by Gasteiger charge is 2.27. The van der Waals surface area contributed by atoms with Gasteiger partial charge in [-0.3, -0.25) is 9.88 Å². The third-order valence-corrected chi connectivity index (χ3v) is 7.73. The molecule has 4 heterocycles. The monoisotopic (exact) mass is 444 g/mol. The van der Waals surface area contributed by atoms with Crippen molar-refractivity contribution in [1.29, 1.82) is 0 Å². The molecule has 6 nitrogen and oxygen atoms in total. The molecule has 1 saturated heterocycles. The van der Waals surface area contributed by atoms with Crippen LogP contribution >= 0.6 is 11.3 Å². The SMILES string of the molecule is CC(C)N1CCN(c2cc3ncccc3c(Nc3ccc4nc(C5CC5)sc4c3)n2)CC1. The summed E-state index contributed by atoms with van der Waals surface area (Å²) in [5.74, 6) is 2.55. The zero-order chi connectivity index (χ0) is 21.7. The minimum atomic E-state index is 0.586. The molecule has 0 atom stereocenters. The summed E-state index contributed by atoms with van der Waals surface area (Å²) in [6, 6.07) is 13.2. The Hall–Kier alpha value is -2.77. The molecule has 1 aliphatic heterocycles. The number of rotatable bonds is 5. The third-order valence-electron chi connectivity index (χ3n) is 6.55. The van der Waals surface area contributed by atoms with Crippen LogP contribution in [-0.2, 0) is 0 Å². The van der Waals surface area contributed by atoms with Gasteiger partial charge in [0.05, 0.1) is 20.7 Å². The molecule has 0 bridgehead atoms. The van der Waals surface area contributed by atoms with Crippen LogP contribution in [0.25, 0.3) is 21.1 Å². The zero-order valence-electron chi connectivity index (χ0n) is 18.6. The molecule has 0 radical (unpaired) electrons. The number of fused-ring (bicyclic) bond motifs is 2. The van der Waals surface area contributed by atoms with Crippen molar-refractivity contribution in [2.45, 2.75) is 38.6 Å². The predicted octanol–water partition coefficient (Wildman–Crippen LogP) is 5.39. The van der Waals surface area contributed by atoms with Crippen LogP contribution < -0.4 is 10.2 Å². The smallest absolute Gasteiger partial charge is 0.142 e. The van der Waals surface area contributed by atoms with Crippen molar-refractivity contribution in [1.82, 2.24) is 19.9 Å². The molecule has 32 heavy (non-hydrogen) atoms. The average molecular weight is 445 g/mol. The topological polar surface area (TPSA) is 57.2 Å². The van der Waals surface area contributed by atoms with Crippen LogP contribution in [0.4, 0.5) is 17.3 Å². The van der Waals surface area contributed by atoms with Gasteiger partial charge in [-0.25, -0.2) is 9.97 Å². The number of anilines is 3. The molecular formula is C25H28N6S. The van der Waals surface area contributed by atoms with Gasteiger partial charge in [0.15, 0.2) is 0 Å². The van der Waals surface area contributed by atoms with Crippen molar-refractivity contribution in [3.63, 3.8) is 0 Å². The summed E-state index contributed by atoms with van der Waals surface area (Å²) in [7, 11) is 0. The fourth-order valence-corrected chi connectivity index (χ4v) is 5.62. The Bertz CT molecular complexity index is 1270. The molecule has 7 heteroatoms. The number of piperazine rings is 1. The van der Waals surface area contributed by atoms with Crippen LogP contribution in [0.3, 0.4) is 0 Å². The maximum Gasteiger partial charge on any atom is 0.142 e. The number of thiazole rings is 1. The van der Waals surface area contributed by atoms with Crippen molar-refractivity contribution in [3.05, 3.63) is 47.6 Å². The van der Waals surface area contributed by atoms with E-state index in [1.807, 2.05) is 23.6 Å². The molecule has 3 aromatic heterocycles. The predicted molar refractivity (Wildman–Crippen MR) is 133 cm³/mol. The van der Waals surface area contributed by atoms with Gasteiger partial charge in [-0.1, -0.05) is 0 Å². The molecule has 0 spiro atoms. The van der Waals surface area contributed by atoms with Gasteiger partial charge in [0.25, 0.3) is 0 Å². The Labute approximate surface area is 192 Å². The van der Waals surface area contributed by atoms with E-state index in [0.29, 0.717) is 12.0 Å². The molecule has 2 fully saturated rings. The largest absolute Gasteiger partial charge is 0.354 e. The second kappa shape index (κ2) is 7.98. The van der Waals surface area contributed by atoms with Gasteiger partial charge in [0, 0.05) is 61.5 Å². The fraction of sp³-hybridized carbons (Fsp3) is 0.400. The van der Waals surface area contributed by atoms with E-state index in [1.165, 1.54) is 22.5 Å². The van der Waals surface area contributed by atoms with Gasteiger partial charge < -0.3 is 10.2 Å². The summed E-state index contributed by atoms with van der Waals surface area (Å²) in [5, 5.41) is 5.92. The van der Waals surface area contributed by atoms with Gasteiger partial charge in [0.1, 0.15) is 11.6 Å². The van der Waals surface area contributed by atoms with E-state index in [2.05, 4.69) is 64.3 Å². The highest BCUT2D eigenvalue weighted by molar-refractivity contribution is 7.18. The van der Waals surface area contributed by atoms with Crippen LogP contribution in [0.5, 0.6) is 0 Å². The lowest BCUT2D eigenvalue weighted by Gasteiger charge is -2.37. The fourth-order valence-electron chi connectivity index (χ4n) is 4.45. The minimum Gasteiger partial charge on any atom is -0.354 e. The van der Waals surface area contributed by atoms with Crippen LogP contribution in [0.2, 0.25) is 0 Å². The minimum absolute atomic E-state index is 0.586. The van der Waals surface area contributed by atoms with Crippen molar-refractivity contribution in [2.75, 3.05) is 36.4 Å². The highest BCUT2D eigenvalue weighted by Crippen LogP contribution is 2.43. The number of hydrogen-bond acceptors (Lipinski definition) is 7. The second-order valence-electron chi connectivity index (χ2n) is 9.15. The van der Waals surface area contributed by atoms with Crippen molar-refractivity contribution in [3.8, 4) is 0 Å². The molecule has 4 aromatic rings. The van der Waals surface area contributed by atoms with E-state index in [9.17, 15) is 0 Å². The molecule has 0 unspecified atom stereocenters. The summed E-state index contributed by atoms with van der Waals surface area (Å²) >= 11 is 1.83. The molecule has 164 valence electrons. The first-order valence-electron chi connectivity index (χ1n) is 11.6. The zero-order valence-corrected chi connectivity index (χ0v) is 19.4. The van der Waals surface area contributed by atoms with E-state index < -0.39 is 0 Å². The van der Waals surface area contributed by atoms with Crippen LogP contribution in [-0.4, -0.2) is 52.1 Å². The highest BCUT2D eigenvalue weighted by atomic mass is 32.1. The molecule has 2 aliphatic rings. The number of benzene rings is 1. The summed E-state index contributed by atoms with van der Waals surface area (Å²) in [5.41, 5.74) is 3.11. The lowest BCUT2D eigenvalue weighted by atomic mass is 10.2. The summed E-state index contributed by atoms with van der Waals surface area (Å²) in [6.45, 7) is 8.63. The Morgan fingerprint density at radius 1 is 1.00 bits per heavy atom. The Morgan fingerprint density at radius 3 is 2.62 bits per heavy atom. The van der Waals surface area contributed by atoms with Crippen molar-refractivity contribution in [2.24, 2.45) is 0 Å². The maximum absolute atomic E-state index is 5.06. The first-order chi connectivity index (χ1) is 15.6. The van der Waals surface area contributed by atoms with E-state index >= 15 is 0 Å². The molecule has 0 amide bonds. The molecule has 1 N–H and O–H groups in total.